The monoisotopic (exact) mass is 257 g/mol. The third kappa shape index (κ3) is 1.87. The molecule has 0 unspecified atom stereocenters. The fourth-order valence-corrected chi connectivity index (χ4v) is 3.37. The van der Waals surface area contributed by atoms with Crippen LogP contribution in [0.3, 0.4) is 0 Å². The van der Waals surface area contributed by atoms with Crippen molar-refractivity contribution in [3.05, 3.63) is 18.2 Å². The van der Waals surface area contributed by atoms with E-state index in [1.807, 2.05) is 0 Å². The lowest BCUT2D eigenvalue weighted by Gasteiger charge is -2.15. The smallest absolute Gasteiger partial charge is 0.200 e. The summed E-state index contributed by atoms with van der Waals surface area (Å²) in [4.78, 5) is -1.04. The van der Waals surface area contributed by atoms with Gasteiger partial charge in [-0.1, -0.05) is 0 Å². The highest BCUT2D eigenvalue weighted by molar-refractivity contribution is 7.93. The van der Waals surface area contributed by atoms with E-state index in [2.05, 4.69) is 0 Å². The first-order valence-corrected chi connectivity index (χ1v) is 6.68. The molecule has 0 heterocycles. The van der Waals surface area contributed by atoms with Crippen LogP contribution in [0, 0.1) is 0 Å². The summed E-state index contributed by atoms with van der Waals surface area (Å²) in [5.74, 6) is 0.760. The third-order valence-electron chi connectivity index (χ3n) is 2.94. The van der Waals surface area contributed by atoms with Crippen molar-refractivity contribution in [2.75, 3.05) is 14.2 Å². The first kappa shape index (κ1) is 12.2. The molecule has 1 aromatic rings. The summed E-state index contributed by atoms with van der Waals surface area (Å²) in [5, 5.41) is 0. The van der Waals surface area contributed by atoms with E-state index in [-0.39, 0.29) is 4.90 Å². The van der Waals surface area contributed by atoms with Crippen molar-refractivity contribution in [2.45, 2.75) is 22.6 Å². The fraction of sp³-hybridized carbons (Fsp3) is 0.455. The molecule has 0 aromatic heterocycles. The normalized spacial score (nSPS) is 17.6. The van der Waals surface area contributed by atoms with Crippen LogP contribution < -0.4 is 15.2 Å². The van der Waals surface area contributed by atoms with Crippen molar-refractivity contribution in [3.63, 3.8) is 0 Å². The standard InChI is InChI=1S/C11H15NO4S/c1-15-8-3-4-9(16-2)10(7-8)17(13,14)11(12)5-6-11/h3-4,7H,5-6,12H2,1-2H3. The lowest BCUT2D eigenvalue weighted by Crippen LogP contribution is -2.33. The van der Waals surface area contributed by atoms with E-state index in [4.69, 9.17) is 15.2 Å². The van der Waals surface area contributed by atoms with Crippen LogP contribution in [0.25, 0.3) is 0 Å². The Hall–Kier alpha value is -1.27. The number of nitrogens with two attached hydrogens (primary N) is 1. The van der Waals surface area contributed by atoms with E-state index in [0.717, 1.165) is 0 Å². The van der Waals surface area contributed by atoms with Gasteiger partial charge in [0.15, 0.2) is 0 Å². The van der Waals surface area contributed by atoms with Crippen molar-refractivity contribution >= 4 is 9.84 Å². The highest BCUT2D eigenvalue weighted by atomic mass is 32.2. The highest BCUT2D eigenvalue weighted by Crippen LogP contribution is 2.44. The molecule has 1 aromatic carbocycles. The topological polar surface area (TPSA) is 78.6 Å². The SMILES string of the molecule is COc1ccc(OC)c(S(=O)(=O)C2(N)CC2)c1. The Bertz CT molecular complexity index is 534. The number of sulfone groups is 1. The zero-order valence-electron chi connectivity index (χ0n) is 9.76. The fourth-order valence-electron chi connectivity index (χ4n) is 1.60. The van der Waals surface area contributed by atoms with Crippen LogP contribution in [0.1, 0.15) is 12.8 Å². The van der Waals surface area contributed by atoms with Gasteiger partial charge in [-0.15, -0.1) is 0 Å². The van der Waals surface area contributed by atoms with E-state index < -0.39 is 14.7 Å². The zero-order valence-corrected chi connectivity index (χ0v) is 10.6. The average Bonchev–Trinajstić information content (AvgIpc) is 3.08. The first-order valence-electron chi connectivity index (χ1n) is 5.20. The van der Waals surface area contributed by atoms with Crippen LogP contribution in [0.5, 0.6) is 11.5 Å². The van der Waals surface area contributed by atoms with Crippen molar-refractivity contribution in [2.24, 2.45) is 5.73 Å². The third-order valence-corrected chi connectivity index (χ3v) is 5.31. The molecular formula is C11H15NO4S. The van der Waals surface area contributed by atoms with Gasteiger partial charge >= 0.3 is 0 Å². The maximum atomic E-state index is 12.3. The molecule has 1 aliphatic rings. The zero-order chi connectivity index (χ0) is 12.7. The van der Waals surface area contributed by atoms with Gasteiger partial charge in [-0.25, -0.2) is 8.42 Å². The quantitative estimate of drug-likeness (QED) is 0.868. The van der Waals surface area contributed by atoms with Crippen molar-refractivity contribution in [3.8, 4) is 11.5 Å². The van der Waals surface area contributed by atoms with E-state index >= 15 is 0 Å². The highest BCUT2D eigenvalue weighted by Gasteiger charge is 2.52. The molecule has 2 rings (SSSR count). The van der Waals surface area contributed by atoms with Gasteiger partial charge in [-0.3, -0.25) is 0 Å². The number of rotatable bonds is 4. The van der Waals surface area contributed by atoms with E-state index in [9.17, 15) is 8.42 Å². The Morgan fingerprint density at radius 3 is 2.35 bits per heavy atom. The molecule has 0 saturated heterocycles. The lowest BCUT2D eigenvalue weighted by atomic mass is 10.3. The predicted molar refractivity (Wildman–Crippen MR) is 62.9 cm³/mol. The van der Waals surface area contributed by atoms with Gasteiger partial charge in [0.2, 0.25) is 9.84 Å². The van der Waals surface area contributed by atoms with Crippen molar-refractivity contribution in [1.29, 1.82) is 0 Å². The minimum absolute atomic E-state index is 0.0966. The number of ether oxygens (including phenoxy) is 2. The number of benzene rings is 1. The lowest BCUT2D eigenvalue weighted by molar-refractivity contribution is 0.392. The van der Waals surface area contributed by atoms with Gasteiger partial charge in [0.25, 0.3) is 0 Å². The summed E-state index contributed by atoms with van der Waals surface area (Å²) in [6.07, 6.45) is 0.964. The Labute approximate surface area is 100 Å². The second-order valence-corrected chi connectivity index (χ2v) is 6.34. The summed E-state index contributed by atoms with van der Waals surface area (Å²) in [6.45, 7) is 0. The maximum absolute atomic E-state index is 12.3. The number of methoxy groups -OCH3 is 2. The second kappa shape index (κ2) is 3.89. The molecule has 94 valence electrons. The summed E-state index contributed by atoms with van der Waals surface area (Å²) in [6, 6.07) is 4.66. The van der Waals surface area contributed by atoms with Crippen LogP contribution in [-0.2, 0) is 9.84 Å². The van der Waals surface area contributed by atoms with Crippen molar-refractivity contribution in [1.82, 2.24) is 0 Å². The average molecular weight is 257 g/mol. The van der Waals surface area contributed by atoms with Gasteiger partial charge < -0.3 is 15.2 Å². The molecule has 6 heteroatoms. The van der Waals surface area contributed by atoms with Crippen molar-refractivity contribution < 1.29 is 17.9 Å². The first-order chi connectivity index (χ1) is 7.94. The molecule has 1 aliphatic carbocycles. The molecule has 5 nitrogen and oxygen atoms in total. The molecule has 0 amide bonds. The van der Waals surface area contributed by atoms with E-state index in [0.29, 0.717) is 24.3 Å². The molecule has 0 aliphatic heterocycles. The molecule has 1 fully saturated rings. The summed E-state index contributed by atoms with van der Waals surface area (Å²) in [7, 11) is -0.661. The number of hydrogen-bond acceptors (Lipinski definition) is 5. The predicted octanol–water partition coefficient (Wildman–Crippen LogP) is 0.926. The molecule has 0 radical (unpaired) electrons. The Kier molecular flexibility index (Phi) is 2.79. The van der Waals surface area contributed by atoms with Crippen LogP contribution in [0.4, 0.5) is 0 Å². The molecule has 1 saturated carbocycles. The van der Waals surface area contributed by atoms with Crippen LogP contribution in [0.2, 0.25) is 0 Å². The van der Waals surface area contributed by atoms with E-state index in [1.54, 1.807) is 12.1 Å². The molecule has 0 bridgehead atoms. The minimum Gasteiger partial charge on any atom is -0.497 e. The largest absolute Gasteiger partial charge is 0.497 e. The Morgan fingerprint density at radius 1 is 1.24 bits per heavy atom. The Morgan fingerprint density at radius 2 is 1.88 bits per heavy atom. The van der Waals surface area contributed by atoms with Crippen LogP contribution in [-0.4, -0.2) is 27.5 Å². The summed E-state index contributed by atoms with van der Waals surface area (Å²) in [5.41, 5.74) is 5.79. The second-order valence-electron chi connectivity index (χ2n) is 4.09. The van der Waals surface area contributed by atoms with Gasteiger partial charge in [0, 0.05) is 6.07 Å². The molecular weight excluding hydrogens is 242 g/mol. The van der Waals surface area contributed by atoms with E-state index in [1.165, 1.54) is 20.3 Å². The minimum atomic E-state index is -3.57. The van der Waals surface area contributed by atoms with Gasteiger partial charge in [-0.2, -0.15) is 0 Å². The van der Waals surface area contributed by atoms with Gasteiger partial charge in [0.05, 0.1) is 14.2 Å². The van der Waals surface area contributed by atoms with Gasteiger partial charge in [0.1, 0.15) is 21.3 Å². The van der Waals surface area contributed by atoms with Crippen LogP contribution >= 0.6 is 0 Å². The Balaban J connectivity index is 2.57. The molecule has 0 atom stereocenters. The molecule has 2 N–H and O–H groups in total. The number of hydrogen-bond donors (Lipinski definition) is 1. The molecule has 17 heavy (non-hydrogen) atoms. The van der Waals surface area contributed by atoms with Gasteiger partial charge in [-0.05, 0) is 25.0 Å². The molecule has 0 spiro atoms. The van der Waals surface area contributed by atoms with Crippen LogP contribution in [0.15, 0.2) is 23.1 Å². The maximum Gasteiger partial charge on any atom is 0.200 e. The summed E-state index contributed by atoms with van der Waals surface area (Å²) >= 11 is 0. The summed E-state index contributed by atoms with van der Waals surface area (Å²) < 4.78 is 34.7.